The van der Waals surface area contributed by atoms with Gasteiger partial charge in [-0.25, -0.2) is 18.9 Å². The number of hydrogen-bond donors (Lipinski definition) is 1. The molecular weight excluding hydrogens is 443 g/mol. The van der Waals surface area contributed by atoms with E-state index < -0.39 is 29.8 Å². The molecule has 1 N–H and O–H groups in total. The number of fused-ring (bicyclic) bond motifs is 1. The van der Waals surface area contributed by atoms with Gasteiger partial charge in [0.05, 0.1) is 18.3 Å². The fraction of sp³-hybridized carbons (Fsp3) is 0.458. The van der Waals surface area contributed by atoms with E-state index in [1.54, 1.807) is 15.9 Å². The van der Waals surface area contributed by atoms with Crippen LogP contribution in [0, 0.1) is 5.82 Å². The molecule has 1 saturated carbocycles. The standard InChI is InChI=1S/C24H27FN4O3S/c25-16-6-4-9-18(14-16)29-22(30)21-20(28(24(29)32)15-19-10-5-13-33-19)11-12-27(21)23(31)26-17-7-2-1-3-8-17/h4-6,9-10,13-14,17,20-21H,1-3,7-8,11-12,15H2,(H,26,31). The largest absolute Gasteiger partial charge is 0.335 e. The first-order valence-electron chi connectivity index (χ1n) is 11.5. The first kappa shape index (κ1) is 21.9. The number of halogens is 1. The van der Waals surface area contributed by atoms with Crippen LogP contribution in [-0.4, -0.2) is 52.4 Å². The lowest BCUT2D eigenvalue weighted by molar-refractivity contribution is -0.124. The maximum atomic E-state index is 14.0. The van der Waals surface area contributed by atoms with Gasteiger partial charge in [-0.05, 0) is 48.9 Å². The van der Waals surface area contributed by atoms with Gasteiger partial charge in [0.1, 0.15) is 11.9 Å². The van der Waals surface area contributed by atoms with Crippen molar-refractivity contribution in [1.82, 2.24) is 15.1 Å². The molecule has 2 saturated heterocycles. The van der Waals surface area contributed by atoms with Crippen molar-refractivity contribution in [2.24, 2.45) is 0 Å². The Morgan fingerprint density at radius 3 is 2.64 bits per heavy atom. The summed E-state index contributed by atoms with van der Waals surface area (Å²) in [6.45, 7) is 0.736. The Labute approximate surface area is 196 Å². The van der Waals surface area contributed by atoms with E-state index in [1.165, 1.54) is 36.0 Å². The van der Waals surface area contributed by atoms with Crippen LogP contribution in [-0.2, 0) is 11.3 Å². The smallest absolute Gasteiger partial charge is 0.332 e. The summed E-state index contributed by atoms with van der Waals surface area (Å²) in [5.74, 6) is -1.01. The van der Waals surface area contributed by atoms with Crippen molar-refractivity contribution in [2.45, 2.75) is 63.2 Å². The number of carbonyl (C=O) groups excluding carboxylic acids is 3. The molecular formula is C24H27FN4O3S. The van der Waals surface area contributed by atoms with Gasteiger partial charge < -0.3 is 15.1 Å². The van der Waals surface area contributed by atoms with Crippen molar-refractivity contribution in [3.05, 3.63) is 52.5 Å². The number of imide groups is 1. The van der Waals surface area contributed by atoms with Crippen molar-refractivity contribution in [1.29, 1.82) is 0 Å². The molecule has 2 unspecified atom stereocenters. The molecule has 7 nitrogen and oxygen atoms in total. The molecule has 2 aromatic rings. The number of thiophene rings is 1. The molecule has 3 fully saturated rings. The molecule has 2 atom stereocenters. The Morgan fingerprint density at radius 2 is 1.91 bits per heavy atom. The lowest BCUT2D eigenvalue weighted by Gasteiger charge is -2.43. The van der Waals surface area contributed by atoms with E-state index in [2.05, 4.69) is 5.32 Å². The summed E-state index contributed by atoms with van der Waals surface area (Å²) in [5, 5.41) is 5.04. The number of benzene rings is 1. The zero-order chi connectivity index (χ0) is 22.9. The first-order valence-corrected chi connectivity index (χ1v) is 12.4. The minimum Gasteiger partial charge on any atom is -0.335 e. The fourth-order valence-electron chi connectivity index (χ4n) is 5.24. The quantitative estimate of drug-likeness (QED) is 0.723. The average Bonchev–Trinajstić information content (AvgIpc) is 3.48. The summed E-state index contributed by atoms with van der Waals surface area (Å²) in [6, 6.07) is 7.51. The molecule has 1 aliphatic carbocycles. The van der Waals surface area contributed by atoms with E-state index in [4.69, 9.17) is 0 Å². The molecule has 1 aromatic carbocycles. The van der Waals surface area contributed by atoms with Gasteiger partial charge in [-0.3, -0.25) is 4.79 Å². The molecule has 2 aliphatic heterocycles. The second kappa shape index (κ2) is 9.13. The van der Waals surface area contributed by atoms with E-state index in [0.717, 1.165) is 35.5 Å². The van der Waals surface area contributed by atoms with Gasteiger partial charge in [-0.15, -0.1) is 11.3 Å². The van der Waals surface area contributed by atoms with Crippen molar-refractivity contribution >= 4 is 35.0 Å². The number of carbonyl (C=O) groups is 3. The fourth-order valence-corrected chi connectivity index (χ4v) is 5.94. The predicted octanol–water partition coefficient (Wildman–Crippen LogP) is 4.34. The van der Waals surface area contributed by atoms with Crippen molar-refractivity contribution in [3.63, 3.8) is 0 Å². The maximum Gasteiger partial charge on any atom is 0.332 e. The van der Waals surface area contributed by atoms with Gasteiger partial charge in [0.25, 0.3) is 5.91 Å². The zero-order valence-electron chi connectivity index (χ0n) is 18.3. The van der Waals surface area contributed by atoms with Gasteiger partial charge in [0.15, 0.2) is 0 Å². The van der Waals surface area contributed by atoms with Crippen LogP contribution in [0.5, 0.6) is 0 Å². The highest BCUT2D eigenvalue weighted by Crippen LogP contribution is 2.35. The number of likely N-dealkylation sites (tertiary alicyclic amines) is 1. The third-order valence-electron chi connectivity index (χ3n) is 6.84. The molecule has 5 rings (SSSR count). The number of anilines is 1. The third kappa shape index (κ3) is 4.21. The third-order valence-corrected chi connectivity index (χ3v) is 7.70. The summed E-state index contributed by atoms with van der Waals surface area (Å²) in [4.78, 5) is 45.6. The summed E-state index contributed by atoms with van der Waals surface area (Å²) in [5.41, 5.74) is 0.180. The van der Waals surface area contributed by atoms with Crippen LogP contribution in [0.1, 0.15) is 43.4 Å². The van der Waals surface area contributed by atoms with E-state index in [0.29, 0.717) is 19.5 Å². The van der Waals surface area contributed by atoms with Gasteiger partial charge in [0.2, 0.25) is 0 Å². The monoisotopic (exact) mass is 470 g/mol. The van der Waals surface area contributed by atoms with Crippen LogP contribution in [0.4, 0.5) is 19.7 Å². The lowest BCUT2D eigenvalue weighted by atomic mass is 9.96. The molecule has 33 heavy (non-hydrogen) atoms. The molecule has 0 spiro atoms. The highest BCUT2D eigenvalue weighted by Gasteiger charge is 2.54. The Balaban J connectivity index is 1.45. The summed E-state index contributed by atoms with van der Waals surface area (Å²) in [7, 11) is 0. The molecule has 174 valence electrons. The molecule has 0 bridgehead atoms. The lowest BCUT2D eigenvalue weighted by Crippen LogP contribution is -2.66. The minimum absolute atomic E-state index is 0.118. The van der Waals surface area contributed by atoms with Gasteiger partial charge in [-0.1, -0.05) is 31.4 Å². The van der Waals surface area contributed by atoms with Crippen molar-refractivity contribution < 1.29 is 18.8 Å². The molecule has 0 radical (unpaired) electrons. The zero-order valence-corrected chi connectivity index (χ0v) is 19.1. The normalized spacial score (nSPS) is 23.7. The van der Waals surface area contributed by atoms with E-state index in [9.17, 15) is 18.8 Å². The van der Waals surface area contributed by atoms with Gasteiger partial charge in [-0.2, -0.15) is 0 Å². The topological polar surface area (TPSA) is 73.0 Å². The molecule has 9 heteroatoms. The molecule has 1 aromatic heterocycles. The SMILES string of the molecule is O=C1C2C(CCN2C(=O)NC2CCCCC2)N(Cc2cccs2)C(=O)N1c1cccc(F)c1. The summed E-state index contributed by atoms with van der Waals surface area (Å²) in [6.07, 6.45) is 5.78. The summed E-state index contributed by atoms with van der Waals surface area (Å²) < 4.78 is 14.0. The van der Waals surface area contributed by atoms with Gasteiger partial charge >= 0.3 is 12.1 Å². The van der Waals surface area contributed by atoms with Crippen LogP contribution >= 0.6 is 11.3 Å². The number of amides is 5. The first-order chi connectivity index (χ1) is 16.0. The predicted molar refractivity (Wildman–Crippen MR) is 123 cm³/mol. The molecule has 3 heterocycles. The van der Waals surface area contributed by atoms with E-state index >= 15 is 0 Å². The van der Waals surface area contributed by atoms with Crippen molar-refractivity contribution in [2.75, 3.05) is 11.4 Å². The number of hydrogen-bond acceptors (Lipinski definition) is 4. The Kier molecular flexibility index (Phi) is 6.05. The minimum atomic E-state index is -0.797. The Hall–Kier alpha value is -2.94. The molecule has 5 amide bonds. The number of nitrogens with one attached hydrogen (secondary N) is 1. The number of urea groups is 2. The second-order valence-electron chi connectivity index (χ2n) is 8.92. The van der Waals surface area contributed by atoms with Crippen LogP contribution in [0.25, 0.3) is 0 Å². The van der Waals surface area contributed by atoms with Crippen LogP contribution in [0.2, 0.25) is 0 Å². The van der Waals surface area contributed by atoms with Crippen LogP contribution in [0.3, 0.4) is 0 Å². The van der Waals surface area contributed by atoms with Crippen LogP contribution in [0.15, 0.2) is 41.8 Å². The summed E-state index contributed by atoms with van der Waals surface area (Å²) >= 11 is 1.53. The molecule has 3 aliphatic rings. The number of rotatable bonds is 4. The maximum absolute atomic E-state index is 14.0. The Morgan fingerprint density at radius 1 is 1.09 bits per heavy atom. The second-order valence-corrected chi connectivity index (χ2v) is 9.95. The van der Waals surface area contributed by atoms with Crippen LogP contribution < -0.4 is 10.2 Å². The highest BCUT2D eigenvalue weighted by molar-refractivity contribution is 7.09. The van der Waals surface area contributed by atoms with E-state index in [-0.39, 0.29) is 17.8 Å². The average molecular weight is 471 g/mol. The van der Waals surface area contributed by atoms with E-state index in [1.807, 2.05) is 17.5 Å². The number of nitrogens with zero attached hydrogens (tertiary/aromatic N) is 3. The Bertz CT molecular complexity index is 1040. The van der Waals surface area contributed by atoms with Crippen molar-refractivity contribution in [3.8, 4) is 0 Å². The highest BCUT2D eigenvalue weighted by atomic mass is 32.1. The van der Waals surface area contributed by atoms with Gasteiger partial charge in [0, 0.05) is 17.5 Å².